The lowest BCUT2D eigenvalue weighted by molar-refractivity contribution is -0.291. The number of amides is 2. The second kappa shape index (κ2) is 9.68. The summed E-state index contributed by atoms with van der Waals surface area (Å²) in [4.78, 5) is 29.4. The van der Waals surface area contributed by atoms with Crippen molar-refractivity contribution in [1.29, 1.82) is 0 Å². The monoisotopic (exact) mass is 487 g/mol. The zero-order valence-electron chi connectivity index (χ0n) is 18.2. The highest BCUT2D eigenvalue weighted by atomic mass is 35.5. The van der Waals surface area contributed by atoms with Gasteiger partial charge in [0.15, 0.2) is 11.6 Å². The fourth-order valence-corrected chi connectivity index (χ4v) is 4.90. The lowest BCUT2D eigenvalue weighted by atomic mass is 10.1. The lowest BCUT2D eigenvalue weighted by Crippen LogP contribution is -2.26. The molecule has 1 aromatic carbocycles. The maximum absolute atomic E-state index is 12.1. The van der Waals surface area contributed by atoms with E-state index < -0.39 is 12.0 Å². The summed E-state index contributed by atoms with van der Waals surface area (Å²) >= 11 is 6.66. The van der Waals surface area contributed by atoms with Gasteiger partial charge in [0, 0.05) is 36.9 Å². The molecule has 10 heteroatoms. The first-order valence-electron chi connectivity index (χ1n) is 10.4. The van der Waals surface area contributed by atoms with E-state index in [1.165, 1.54) is 11.3 Å². The predicted octanol–water partition coefficient (Wildman–Crippen LogP) is 4.04. The fourth-order valence-electron chi connectivity index (χ4n) is 3.62. The summed E-state index contributed by atoms with van der Waals surface area (Å²) in [5.41, 5.74) is 8.09. The molecule has 0 fully saturated rings. The molecule has 3 N–H and O–H groups in total. The van der Waals surface area contributed by atoms with Crippen LogP contribution in [0.15, 0.2) is 42.2 Å². The van der Waals surface area contributed by atoms with Crippen molar-refractivity contribution in [2.75, 3.05) is 6.61 Å². The van der Waals surface area contributed by atoms with Crippen molar-refractivity contribution in [2.24, 2.45) is 5.73 Å². The number of ether oxygens (including phenoxy) is 2. The maximum Gasteiger partial charge on any atom is 0.411 e. The molecular weight excluding hydrogens is 464 g/mol. The first kappa shape index (κ1) is 22.9. The summed E-state index contributed by atoms with van der Waals surface area (Å²) in [6, 6.07) is 9.34. The van der Waals surface area contributed by atoms with Crippen LogP contribution in [0.1, 0.15) is 47.4 Å². The highest BCUT2D eigenvalue weighted by Crippen LogP contribution is 2.39. The SMILES string of the molecule is CCOC(=O)NC1=Cc2ncc(-c3cc(OC(C)c4ccccc4[ClH+])c(C(N)=O)s3)n2CC1. The smallest absolute Gasteiger partial charge is 0.411 e. The first-order chi connectivity index (χ1) is 15.9. The molecule has 0 aliphatic carbocycles. The average Bonchev–Trinajstić information content (AvgIpc) is 3.38. The Morgan fingerprint density at radius 2 is 2.15 bits per heavy atom. The number of nitrogens with zero attached hydrogens (tertiary/aromatic N) is 2. The number of rotatable bonds is 7. The van der Waals surface area contributed by atoms with Gasteiger partial charge in [0.05, 0.1) is 28.9 Å². The lowest BCUT2D eigenvalue weighted by Gasteiger charge is -2.17. The number of halogens is 1. The molecule has 1 aliphatic rings. The molecule has 0 spiro atoms. The molecule has 0 saturated carbocycles. The molecule has 33 heavy (non-hydrogen) atoms. The quantitative estimate of drug-likeness (QED) is 0.523. The van der Waals surface area contributed by atoms with Crippen LogP contribution in [-0.2, 0) is 11.3 Å². The number of hydrogen-bond acceptors (Lipinski definition) is 6. The molecule has 2 aromatic heterocycles. The largest absolute Gasteiger partial charge is 0.484 e. The van der Waals surface area contributed by atoms with E-state index in [-0.39, 0.29) is 6.10 Å². The van der Waals surface area contributed by atoms with Crippen LogP contribution in [0.5, 0.6) is 5.75 Å². The van der Waals surface area contributed by atoms with E-state index in [0.717, 1.165) is 21.8 Å². The Labute approximate surface area is 200 Å². The third-order valence-electron chi connectivity index (χ3n) is 5.17. The number of nitrogens with two attached hydrogens (primary N) is 1. The molecular formula is C23H24ClN4O4S+. The molecule has 3 heterocycles. The second-order valence-corrected chi connectivity index (χ2v) is 8.88. The van der Waals surface area contributed by atoms with Crippen LogP contribution in [0.4, 0.5) is 4.79 Å². The van der Waals surface area contributed by atoms with Gasteiger partial charge in [-0.3, -0.25) is 10.1 Å². The standard InChI is InChI=1S/C23H23ClN4O4S/c1-3-31-23(30)27-14-8-9-28-17(12-26-20(28)10-14)19-11-18(21(33-19)22(25)29)32-13(2)15-6-4-5-7-16(15)24/h4-7,10-13,24H,3,8-9H2,1-2H3,(H2-,25,26,27,29,30)/p+1. The molecule has 4 rings (SSSR count). The van der Waals surface area contributed by atoms with Crippen LogP contribution in [0.3, 0.4) is 0 Å². The summed E-state index contributed by atoms with van der Waals surface area (Å²) in [5.74, 6) is 0.562. The summed E-state index contributed by atoms with van der Waals surface area (Å²) in [6.07, 6.45) is 3.33. The Morgan fingerprint density at radius 1 is 1.36 bits per heavy atom. The van der Waals surface area contributed by atoms with Gasteiger partial charge in [0.2, 0.25) is 5.02 Å². The van der Waals surface area contributed by atoms with Gasteiger partial charge in [0.1, 0.15) is 22.6 Å². The third-order valence-corrected chi connectivity index (χ3v) is 6.69. The third kappa shape index (κ3) is 4.89. The number of nitrogens with one attached hydrogen (secondary N) is 1. The van der Waals surface area contributed by atoms with Crippen LogP contribution in [0.25, 0.3) is 16.6 Å². The predicted molar refractivity (Wildman–Crippen MR) is 123 cm³/mol. The molecule has 0 saturated heterocycles. The van der Waals surface area contributed by atoms with Crippen LogP contribution in [0, 0.1) is 11.6 Å². The number of primary amides is 1. The van der Waals surface area contributed by atoms with E-state index in [9.17, 15) is 9.59 Å². The van der Waals surface area contributed by atoms with E-state index in [1.54, 1.807) is 13.1 Å². The Kier molecular flexibility index (Phi) is 6.71. The number of alkyl carbamates (subject to hydrolysis) is 1. The van der Waals surface area contributed by atoms with Gasteiger partial charge in [0.25, 0.3) is 5.91 Å². The van der Waals surface area contributed by atoms with Crippen molar-refractivity contribution in [3.63, 3.8) is 0 Å². The zero-order valence-corrected chi connectivity index (χ0v) is 19.8. The summed E-state index contributed by atoms with van der Waals surface area (Å²) in [6.45, 7) is 4.56. The van der Waals surface area contributed by atoms with Crippen molar-refractivity contribution < 1.29 is 30.7 Å². The summed E-state index contributed by atoms with van der Waals surface area (Å²) in [7, 11) is 0. The van der Waals surface area contributed by atoms with Gasteiger partial charge in [-0.2, -0.15) is 0 Å². The highest BCUT2D eigenvalue weighted by Gasteiger charge is 2.24. The summed E-state index contributed by atoms with van der Waals surface area (Å²) in [5, 5.41) is 3.44. The molecule has 3 aromatic rings. The van der Waals surface area contributed by atoms with Crippen LogP contribution in [0.2, 0.25) is 5.02 Å². The molecule has 1 aliphatic heterocycles. The molecule has 8 nitrogen and oxygen atoms in total. The van der Waals surface area contributed by atoms with E-state index in [2.05, 4.69) is 10.3 Å². The maximum atomic E-state index is 12.1. The van der Waals surface area contributed by atoms with Crippen molar-refractivity contribution in [1.82, 2.24) is 14.9 Å². The fraction of sp³-hybridized carbons (Fsp3) is 0.261. The van der Waals surface area contributed by atoms with Crippen molar-refractivity contribution in [3.05, 3.63) is 63.5 Å². The molecule has 1 atom stereocenters. The van der Waals surface area contributed by atoms with Gasteiger partial charge in [-0.25, -0.2) is 9.78 Å². The number of benzene rings is 1. The van der Waals surface area contributed by atoms with E-state index in [4.69, 9.17) is 26.8 Å². The molecule has 2 amide bonds. The van der Waals surface area contributed by atoms with E-state index in [0.29, 0.717) is 41.0 Å². The Morgan fingerprint density at radius 3 is 2.88 bits per heavy atom. The van der Waals surface area contributed by atoms with Gasteiger partial charge in [-0.15, -0.1) is 11.3 Å². The van der Waals surface area contributed by atoms with Gasteiger partial charge >= 0.3 is 6.09 Å². The minimum absolute atomic E-state index is 0.305. The molecule has 172 valence electrons. The van der Waals surface area contributed by atoms with Gasteiger partial charge < -0.3 is 19.8 Å². The molecule has 0 bridgehead atoms. The Hall–Kier alpha value is -3.30. The van der Waals surface area contributed by atoms with E-state index >= 15 is 0 Å². The molecule has 1 unspecified atom stereocenters. The number of allylic oxidation sites excluding steroid dienone is 1. The van der Waals surface area contributed by atoms with Crippen LogP contribution >= 0.6 is 11.3 Å². The van der Waals surface area contributed by atoms with Crippen molar-refractivity contribution in [2.45, 2.75) is 32.9 Å². The van der Waals surface area contributed by atoms with Crippen molar-refractivity contribution in [3.8, 4) is 16.3 Å². The number of aromatic nitrogens is 2. The number of imidazole rings is 1. The first-order valence-corrected chi connectivity index (χ1v) is 11.7. The molecule has 0 radical (unpaired) electrons. The highest BCUT2D eigenvalue weighted by molar-refractivity contribution is 7.17. The number of fused-ring (bicyclic) bond motifs is 1. The number of carbonyl (C=O) groups is 2. The van der Waals surface area contributed by atoms with Crippen LogP contribution < -0.4 is 15.8 Å². The summed E-state index contributed by atoms with van der Waals surface area (Å²) < 4.78 is 13.1. The minimum atomic E-state index is -0.556. The topological polar surface area (TPSA) is 108 Å². The number of hydrogen-bond donors (Lipinski definition) is 2. The Bertz CT molecular complexity index is 1230. The van der Waals surface area contributed by atoms with E-state index in [1.807, 2.05) is 47.9 Å². The van der Waals surface area contributed by atoms with Gasteiger partial charge in [-0.05, 0) is 19.9 Å². The normalized spacial score (nSPS) is 13.6. The number of carbonyl (C=O) groups excluding carboxylic acids is 2. The number of thiophene rings is 1. The minimum Gasteiger partial charge on any atom is -0.484 e. The second-order valence-electron chi connectivity index (χ2n) is 7.38. The Balaban J connectivity index is 1.61. The van der Waals surface area contributed by atoms with Gasteiger partial charge in [-0.1, -0.05) is 12.1 Å². The van der Waals surface area contributed by atoms with Crippen molar-refractivity contribution >= 4 is 29.4 Å². The zero-order chi connectivity index (χ0) is 23.5. The average molecular weight is 488 g/mol. The van der Waals surface area contributed by atoms with Crippen LogP contribution in [-0.4, -0.2) is 28.2 Å².